The number of allylic oxidation sites excluding steroid dienone is 1. The summed E-state index contributed by atoms with van der Waals surface area (Å²) in [5.74, 6) is -2.59. The molecule has 0 aromatic carbocycles. The van der Waals surface area contributed by atoms with E-state index in [0.717, 1.165) is 19.5 Å². The molecule has 0 amide bonds. The number of ketones is 1. The zero-order valence-electron chi connectivity index (χ0n) is 23.7. The average Bonchev–Trinajstić information content (AvgIpc) is 3.42. The largest absolute Gasteiger partial charge is 0.504 e. The predicted molar refractivity (Wildman–Crippen MR) is 140 cm³/mol. The molecule has 4 unspecified atom stereocenters. The Balaban J connectivity index is 1.72. The van der Waals surface area contributed by atoms with Gasteiger partial charge in [0, 0.05) is 56.4 Å². The van der Waals surface area contributed by atoms with Crippen molar-refractivity contribution >= 4 is 17.7 Å². The van der Waals surface area contributed by atoms with Crippen LogP contribution in [0.15, 0.2) is 34.3 Å². The molecule has 5 aliphatic rings. The van der Waals surface area contributed by atoms with Gasteiger partial charge < -0.3 is 34.2 Å². The number of likely N-dealkylation sites (N-methyl/N-ethyl adjacent to an activating group) is 2. The Hall–Kier alpha value is -2.69. The van der Waals surface area contributed by atoms with Crippen LogP contribution < -0.4 is 0 Å². The smallest absolute Gasteiger partial charge is 0.340 e. The summed E-state index contributed by atoms with van der Waals surface area (Å²) < 4.78 is 17.3. The molecule has 3 fully saturated rings. The van der Waals surface area contributed by atoms with Gasteiger partial charge in [-0.25, -0.2) is 4.79 Å². The zero-order valence-corrected chi connectivity index (χ0v) is 23.7. The van der Waals surface area contributed by atoms with Crippen molar-refractivity contribution < 1.29 is 38.8 Å². The van der Waals surface area contributed by atoms with Gasteiger partial charge in [0.15, 0.2) is 5.76 Å². The number of fused-ring (bicyclic) bond motifs is 4. The lowest BCUT2D eigenvalue weighted by Gasteiger charge is -2.54. The van der Waals surface area contributed by atoms with Crippen molar-refractivity contribution in [2.45, 2.75) is 70.8 Å². The Kier molecular flexibility index (Phi) is 6.96. The minimum absolute atomic E-state index is 0.0118. The van der Waals surface area contributed by atoms with Gasteiger partial charge in [0.1, 0.15) is 12.2 Å². The summed E-state index contributed by atoms with van der Waals surface area (Å²) in [4.78, 5) is 44.0. The van der Waals surface area contributed by atoms with Crippen molar-refractivity contribution in [3.05, 3.63) is 34.3 Å². The number of hydrogen-bond acceptors (Lipinski definition) is 10. The number of esters is 2. The fraction of sp³-hybridized carbons (Fsp3) is 0.690. The highest BCUT2D eigenvalue weighted by Gasteiger charge is 2.64. The molecular weight excluding hydrogens is 504 g/mol. The molecule has 10 nitrogen and oxygen atoms in total. The van der Waals surface area contributed by atoms with E-state index in [-0.39, 0.29) is 29.7 Å². The minimum atomic E-state index is -1.20. The maximum absolute atomic E-state index is 14.1. The third-order valence-electron chi connectivity index (χ3n) is 9.93. The second-order valence-electron chi connectivity index (χ2n) is 12.3. The van der Waals surface area contributed by atoms with Crippen molar-refractivity contribution in [2.24, 2.45) is 16.7 Å². The quantitative estimate of drug-likeness (QED) is 0.391. The van der Waals surface area contributed by atoms with Gasteiger partial charge in [-0.3, -0.25) is 9.59 Å². The van der Waals surface area contributed by atoms with Crippen LogP contribution in [-0.4, -0.2) is 103 Å². The van der Waals surface area contributed by atoms with Gasteiger partial charge in [-0.1, -0.05) is 6.92 Å². The highest BCUT2D eigenvalue weighted by molar-refractivity contribution is 6.13. The van der Waals surface area contributed by atoms with Crippen molar-refractivity contribution in [2.75, 3.05) is 40.9 Å². The topological polar surface area (TPSA) is 126 Å². The monoisotopic (exact) mass is 544 g/mol. The Morgan fingerprint density at radius 2 is 1.97 bits per heavy atom. The van der Waals surface area contributed by atoms with Crippen molar-refractivity contribution in [3.8, 4) is 0 Å². The summed E-state index contributed by atoms with van der Waals surface area (Å²) in [5.41, 5.74) is -0.721. The van der Waals surface area contributed by atoms with Gasteiger partial charge in [0.05, 0.1) is 23.7 Å². The van der Waals surface area contributed by atoms with Gasteiger partial charge in [-0.05, 0) is 57.7 Å². The summed E-state index contributed by atoms with van der Waals surface area (Å²) in [6, 6.07) is 0.152. The van der Waals surface area contributed by atoms with E-state index in [0.29, 0.717) is 30.4 Å². The van der Waals surface area contributed by atoms with E-state index < -0.39 is 52.6 Å². The lowest BCUT2D eigenvalue weighted by atomic mass is 9.53. The van der Waals surface area contributed by atoms with Gasteiger partial charge in [-0.15, -0.1) is 0 Å². The molecule has 3 aliphatic carbocycles. The van der Waals surface area contributed by atoms with Crippen LogP contribution in [0.25, 0.3) is 0 Å². The van der Waals surface area contributed by atoms with Gasteiger partial charge in [-0.2, -0.15) is 0 Å². The van der Waals surface area contributed by atoms with Crippen LogP contribution in [0.4, 0.5) is 0 Å². The first-order chi connectivity index (χ1) is 18.3. The van der Waals surface area contributed by atoms with Gasteiger partial charge in [0.25, 0.3) is 0 Å². The van der Waals surface area contributed by atoms with Crippen LogP contribution in [0.1, 0.15) is 46.5 Å². The number of carbonyl (C=O) groups is 3. The molecule has 1 saturated carbocycles. The maximum atomic E-state index is 14.1. The Labute approximate surface area is 229 Å². The van der Waals surface area contributed by atoms with E-state index in [9.17, 15) is 24.6 Å². The molecule has 2 aliphatic heterocycles. The SMILES string of the molecule is COCC1OC(=O)/C(=C/N(C)C2CCN(C)C2)C2=C(O)C(=O)C3=C([C@H](OC(C)=O)C[C@@]4(C)C3CC[C@@H]4O)C21C. The summed E-state index contributed by atoms with van der Waals surface area (Å²) in [6.45, 7) is 6.81. The molecule has 5 rings (SSSR count). The number of ether oxygens (including phenoxy) is 3. The molecule has 2 N–H and O–H groups in total. The fourth-order valence-electron chi connectivity index (χ4n) is 7.83. The van der Waals surface area contributed by atoms with E-state index >= 15 is 0 Å². The van der Waals surface area contributed by atoms with Crippen molar-refractivity contribution in [3.63, 3.8) is 0 Å². The molecule has 10 heteroatoms. The molecule has 2 saturated heterocycles. The van der Waals surface area contributed by atoms with Crippen LogP contribution in [0.5, 0.6) is 0 Å². The third-order valence-corrected chi connectivity index (χ3v) is 9.93. The summed E-state index contributed by atoms with van der Waals surface area (Å²) in [5, 5.41) is 22.6. The highest BCUT2D eigenvalue weighted by atomic mass is 16.6. The number of nitrogens with zero attached hydrogens (tertiary/aromatic N) is 2. The molecule has 0 bridgehead atoms. The Bertz CT molecular complexity index is 1190. The van der Waals surface area contributed by atoms with Crippen LogP contribution in [0, 0.1) is 16.7 Å². The number of carbonyl (C=O) groups excluding carboxylic acids is 3. The zero-order chi connectivity index (χ0) is 28.4. The predicted octanol–water partition coefficient (Wildman–Crippen LogP) is 1.89. The van der Waals surface area contributed by atoms with Crippen LogP contribution >= 0.6 is 0 Å². The van der Waals surface area contributed by atoms with Gasteiger partial charge in [0.2, 0.25) is 5.78 Å². The first kappa shape index (κ1) is 27.9. The molecule has 0 radical (unpaired) electrons. The summed E-state index contributed by atoms with van der Waals surface area (Å²) in [6.07, 6.45) is 1.54. The third kappa shape index (κ3) is 4.14. The number of methoxy groups -OCH3 is 1. The van der Waals surface area contributed by atoms with Crippen LogP contribution in [-0.2, 0) is 28.6 Å². The first-order valence-electron chi connectivity index (χ1n) is 13.7. The molecule has 0 aromatic rings. The average molecular weight is 545 g/mol. The van der Waals surface area contributed by atoms with Crippen molar-refractivity contribution in [1.29, 1.82) is 0 Å². The second kappa shape index (κ2) is 9.74. The number of hydrogen-bond donors (Lipinski definition) is 2. The Morgan fingerprint density at radius 3 is 2.59 bits per heavy atom. The van der Waals surface area contributed by atoms with Gasteiger partial charge >= 0.3 is 11.9 Å². The molecule has 7 atom stereocenters. The lowest BCUT2D eigenvalue weighted by molar-refractivity contribution is -0.161. The van der Waals surface area contributed by atoms with Crippen molar-refractivity contribution in [1.82, 2.24) is 9.80 Å². The summed E-state index contributed by atoms with van der Waals surface area (Å²) >= 11 is 0. The molecule has 0 spiro atoms. The van der Waals surface area contributed by atoms with E-state index in [2.05, 4.69) is 4.90 Å². The van der Waals surface area contributed by atoms with E-state index in [4.69, 9.17) is 14.2 Å². The number of aliphatic hydroxyl groups excluding tert-OH is 2. The number of likely N-dealkylation sites (tertiary alicyclic amines) is 1. The molecule has 0 aromatic heterocycles. The minimum Gasteiger partial charge on any atom is -0.504 e. The number of cyclic esters (lactones) is 1. The molecule has 214 valence electrons. The fourth-order valence-corrected chi connectivity index (χ4v) is 7.83. The summed E-state index contributed by atoms with van der Waals surface area (Å²) in [7, 11) is 5.41. The maximum Gasteiger partial charge on any atom is 0.340 e. The standard InChI is InChI=1S/C29H40N2O8/c1-15(32)38-19-11-28(2)18(7-8-20(28)33)22-24(19)29(3)21(14-37-6)39-27(36)17(23(29)26(35)25(22)34)13-31(5)16-9-10-30(4)12-16/h13,16,18-21,33,35H,7-12,14H2,1-6H3/b17-13+/t16?,18?,19-,20+,21?,28+,29?/m1/s1. The number of Topliss-reactive ketones (excluding diaryl/α,β-unsaturated/α-hetero) is 1. The lowest BCUT2D eigenvalue weighted by Crippen LogP contribution is -2.57. The molecule has 2 heterocycles. The van der Waals surface area contributed by atoms with E-state index in [1.165, 1.54) is 14.0 Å². The Morgan fingerprint density at radius 1 is 1.26 bits per heavy atom. The van der Waals surface area contributed by atoms with Crippen LogP contribution in [0.3, 0.4) is 0 Å². The van der Waals surface area contributed by atoms with E-state index in [1.807, 2.05) is 32.8 Å². The number of rotatable bonds is 5. The highest BCUT2D eigenvalue weighted by Crippen LogP contribution is 2.63. The molecule has 39 heavy (non-hydrogen) atoms. The van der Waals surface area contributed by atoms with E-state index in [1.54, 1.807) is 6.20 Å². The second-order valence-corrected chi connectivity index (χ2v) is 12.3. The normalized spacial score (nSPS) is 39.5. The number of aliphatic hydroxyl groups is 2. The molecular formula is C29H40N2O8. The van der Waals surface area contributed by atoms with Crippen LogP contribution in [0.2, 0.25) is 0 Å². The first-order valence-corrected chi connectivity index (χ1v) is 13.7.